The van der Waals surface area contributed by atoms with Crippen LogP contribution in [0.1, 0.15) is 316 Å². The Morgan fingerprint density at radius 1 is 0.416 bits per heavy atom. The largest absolute Gasteiger partial charge is 0.472 e. The monoisotopic (exact) mass is 1100 g/mol. The summed E-state index contributed by atoms with van der Waals surface area (Å²) in [4.78, 5) is 35.7. The molecular weight excluding hydrogens is 978 g/mol. The van der Waals surface area contributed by atoms with Crippen LogP contribution in [0.4, 0.5) is 0 Å². The third kappa shape index (κ3) is 63.0. The van der Waals surface area contributed by atoms with Gasteiger partial charge in [-0.05, 0) is 51.4 Å². The number of esters is 2. The first-order chi connectivity index (χ1) is 37.5. The average molecular weight is 1110 g/mol. The van der Waals surface area contributed by atoms with E-state index in [9.17, 15) is 19.0 Å². The highest BCUT2D eigenvalue weighted by molar-refractivity contribution is 7.47. The zero-order valence-electron chi connectivity index (χ0n) is 51.5. The third-order valence-electron chi connectivity index (χ3n) is 14.6. The summed E-state index contributed by atoms with van der Waals surface area (Å²) < 4.78 is 34.6. The van der Waals surface area contributed by atoms with Gasteiger partial charge in [-0.25, -0.2) is 4.57 Å². The molecular formula is C67H127NO8P+. The van der Waals surface area contributed by atoms with Crippen molar-refractivity contribution >= 4 is 19.8 Å². The number of quaternary nitrogens is 1. The Labute approximate surface area is 477 Å². The van der Waals surface area contributed by atoms with E-state index < -0.39 is 26.5 Å². The van der Waals surface area contributed by atoms with Gasteiger partial charge in [-0.2, -0.15) is 0 Å². The highest BCUT2D eigenvalue weighted by atomic mass is 31.2. The Kier molecular flexibility index (Phi) is 57.1. The Morgan fingerprint density at radius 2 is 0.740 bits per heavy atom. The molecule has 10 heteroatoms. The lowest BCUT2D eigenvalue weighted by Crippen LogP contribution is -2.37. The summed E-state index contributed by atoms with van der Waals surface area (Å²) in [7, 11) is 1.50. The van der Waals surface area contributed by atoms with Crippen molar-refractivity contribution in [2.45, 2.75) is 322 Å². The van der Waals surface area contributed by atoms with E-state index in [-0.39, 0.29) is 25.6 Å². The summed E-state index contributed by atoms with van der Waals surface area (Å²) in [6, 6.07) is 0. The predicted molar refractivity (Wildman–Crippen MR) is 330 cm³/mol. The summed E-state index contributed by atoms with van der Waals surface area (Å²) in [5.74, 6) is -0.778. The van der Waals surface area contributed by atoms with Crippen LogP contribution in [-0.2, 0) is 32.7 Å². The zero-order valence-corrected chi connectivity index (χ0v) is 52.4. The number of rotatable bonds is 61. The van der Waals surface area contributed by atoms with E-state index >= 15 is 0 Å². The Morgan fingerprint density at radius 3 is 1.10 bits per heavy atom. The van der Waals surface area contributed by atoms with Crippen molar-refractivity contribution in [1.82, 2.24) is 0 Å². The van der Waals surface area contributed by atoms with E-state index in [0.29, 0.717) is 23.9 Å². The molecule has 0 aromatic rings. The number of allylic oxidation sites excluding steroid dienone is 8. The molecule has 0 aliphatic heterocycles. The van der Waals surface area contributed by atoms with Crippen LogP contribution in [-0.4, -0.2) is 74.9 Å². The van der Waals surface area contributed by atoms with E-state index in [2.05, 4.69) is 62.5 Å². The van der Waals surface area contributed by atoms with Gasteiger partial charge < -0.3 is 18.9 Å². The molecule has 1 N–H and O–H groups in total. The molecule has 2 unspecified atom stereocenters. The summed E-state index contributed by atoms with van der Waals surface area (Å²) >= 11 is 0. The van der Waals surface area contributed by atoms with Crippen LogP contribution in [0.15, 0.2) is 48.6 Å². The molecule has 452 valence electrons. The quantitative estimate of drug-likeness (QED) is 0.0211. The second kappa shape index (κ2) is 58.6. The molecule has 0 rings (SSSR count). The molecule has 0 aromatic heterocycles. The van der Waals surface area contributed by atoms with Gasteiger partial charge in [0.05, 0.1) is 27.7 Å². The minimum atomic E-state index is -4.38. The minimum absolute atomic E-state index is 0.0349. The lowest BCUT2D eigenvalue weighted by molar-refractivity contribution is -0.870. The smallest absolute Gasteiger partial charge is 0.462 e. The van der Waals surface area contributed by atoms with Crippen LogP contribution in [0.2, 0.25) is 0 Å². The second-order valence-corrected chi connectivity index (χ2v) is 24.9. The normalized spacial score (nSPS) is 13.5. The van der Waals surface area contributed by atoms with Gasteiger partial charge in [-0.15, -0.1) is 0 Å². The van der Waals surface area contributed by atoms with E-state index in [1.807, 2.05) is 21.1 Å². The first-order valence-corrected chi connectivity index (χ1v) is 34.4. The fourth-order valence-electron chi connectivity index (χ4n) is 9.60. The zero-order chi connectivity index (χ0) is 56.3. The van der Waals surface area contributed by atoms with Crippen molar-refractivity contribution in [2.24, 2.45) is 0 Å². The van der Waals surface area contributed by atoms with Crippen molar-refractivity contribution in [2.75, 3.05) is 47.5 Å². The van der Waals surface area contributed by atoms with Crippen molar-refractivity contribution in [3.05, 3.63) is 48.6 Å². The molecule has 0 saturated carbocycles. The maximum absolute atomic E-state index is 12.8. The van der Waals surface area contributed by atoms with Crippen LogP contribution in [0.5, 0.6) is 0 Å². The van der Waals surface area contributed by atoms with Crippen LogP contribution in [0.3, 0.4) is 0 Å². The van der Waals surface area contributed by atoms with Crippen molar-refractivity contribution in [3.8, 4) is 0 Å². The molecule has 0 saturated heterocycles. The minimum Gasteiger partial charge on any atom is -0.462 e. The molecule has 2 atom stereocenters. The van der Waals surface area contributed by atoms with Gasteiger partial charge in [0.1, 0.15) is 19.8 Å². The average Bonchev–Trinajstić information content (AvgIpc) is 3.39. The first-order valence-electron chi connectivity index (χ1n) is 32.9. The molecule has 0 spiro atoms. The number of unbranched alkanes of at least 4 members (excludes halogenated alkanes) is 39. The van der Waals surface area contributed by atoms with Crippen molar-refractivity contribution in [3.63, 3.8) is 0 Å². The fourth-order valence-corrected chi connectivity index (χ4v) is 10.3. The summed E-state index contributed by atoms with van der Waals surface area (Å²) in [6.45, 7) is 4.37. The van der Waals surface area contributed by atoms with Crippen LogP contribution >= 0.6 is 7.82 Å². The molecule has 0 aliphatic carbocycles. The van der Waals surface area contributed by atoms with E-state index in [1.165, 1.54) is 225 Å². The number of carbonyl (C=O) groups is 2. The Balaban J connectivity index is 3.92. The van der Waals surface area contributed by atoms with Gasteiger partial charge in [0.25, 0.3) is 0 Å². The van der Waals surface area contributed by atoms with E-state index in [4.69, 9.17) is 18.5 Å². The second-order valence-electron chi connectivity index (χ2n) is 23.5. The van der Waals surface area contributed by atoms with Crippen LogP contribution in [0.25, 0.3) is 0 Å². The molecule has 0 fully saturated rings. The number of hydrogen-bond acceptors (Lipinski definition) is 7. The maximum atomic E-state index is 12.8. The lowest BCUT2D eigenvalue weighted by Gasteiger charge is -2.24. The summed E-state index contributed by atoms with van der Waals surface area (Å²) in [6.07, 6.45) is 75.0. The molecule has 77 heavy (non-hydrogen) atoms. The number of phosphoric ester groups is 1. The van der Waals surface area contributed by atoms with Gasteiger partial charge in [-0.1, -0.05) is 300 Å². The maximum Gasteiger partial charge on any atom is 0.472 e. The molecule has 0 radical (unpaired) electrons. The van der Waals surface area contributed by atoms with Gasteiger partial charge in [0.15, 0.2) is 6.10 Å². The Bertz CT molecular complexity index is 1440. The summed E-state index contributed by atoms with van der Waals surface area (Å²) in [5.41, 5.74) is 0. The van der Waals surface area contributed by atoms with Gasteiger partial charge in [0, 0.05) is 12.8 Å². The molecule has 0 amide bonds. The third-order valence-corrected chi connectivity index (χ3v) is 15.6. The number of hydrogen-bond donors (Lipinski definition) is 1. The standard InChI is InChI=1S/C67H126NO8P/c1-6-8-10-12-14-16-18-20-22-24-25-26-27-28-29-30-31-32-33-34-35-36-37-38-39-40-41-42-43-44-46-48-50-52-54-56-58-60-67(70)76-65(64-75-77(71,72)74-62-61-68(3,4)5)63-73-66(69)59-57-55-53-51-49-47-45-23-21-19-17-15-13-11-9-7-2/h8,10,14,16,20,22,25-26,65H,6-7,9,11-13,15,17-19,21,23-24,27-64H2,1-5H3/p+1/b10-8-,16-14-,22-20-,26-25-. The topological polar surface area (TPSA) is 108 Å². The first kappa shape index (κ1) is 75.0. The Hall–Kier alpha value is -2.03. The number of carbonyl (C=O) groups excluding carboxylic acids is 2. The fraction of sp³-hybridized carbons (Fsp3) is 0.851. The van der Waals surface area contributed by atoms with Gasteiger partial charge in [-0.3, -0.25) is 18.6 Å². The van der Waals surface area contributed by atoms with Gasteiger partial charge in [0.2, 0.25) is 0 Å². The summed E-state index contributed by atoms with van der Waals surface area (Å²) in [5, 5.41) is 0. The van der Waals surface area contributed by atoms with E-state index in [0.717, 1.165) is 57.8 Å². The SMILES string of the molecule is CC/C=C\C/C=C\C/C=C\C/C=C\CCCCCCCCCCCCCCCCCCCCCCCCCCC(=O)OC(COC(=O)CCCCCCCCCCCCCCCCCC)COP(=O)(O)OCC[N+](C)(C)C. The van der Waals surface area contributed by atoms with Gasteiger partial charge >= 0.3 is 19.8 Å². The predicted octanol–water partition coefficient (Wildman–Crippen LogP) is 20.9. The molecule has 0 heterocycles. The molecule has 0 aromatic carbocycles. The highest BCUT2D eigenvalue weighted by Crippen LogP contribution is 2.43. The van der Waals surface area contributed by atoms with Crippen LogP contribution in [0, 0.1) is 0 Å². The van der Waals surface area contributed by atoms with Crippen molar-refractivity contribution < 1.29 is 42.1 Å². The number of ether oxygens (including phenoxy) is 2. The van der Waals surface area contributed by atoms with Crippen LogP contribution < -0.4 is 0 Å². The molecule has 0 bridgehead atoms. The lowest BCUT2D eigenvalue weighted by atomic mass is 10.0. The van der Waals surface area contributed by atoms with E-state index in [1.54, 1.807) is 0 Å². The molecule has 9 nitrogen and oxygen atoms in total. The van der Waals surface area contributed by atoms with Crippen molar-refractivity contribution in [1.29, 1.82) is 0 Å². The molecule has 0 aliphatic rings. The number of likely N-dealkylation sites (N-methyl/N-ethyl adjacent to an activating group) is 1. The highest BCUT2D eigenvalue weighted by Gasteiger charge is 2.27. The number of nitrogens with zero attached hydrogens (tertiary/aromatic N) is 1. The number of phosphoric acid groups is 1.